The summed E-state index contributed by atoms with van der Waals surface area (Å²) in [6.45, 7) is 8.15. The van der Waals surface area contributed by atoms with E-state index in [1.165, 1.54) is 43.4 Å². The van der Waals surface area contributed by atoms with Crippen molar-refractivity contribution in [2.75, 3.05) is 32.8 Å². The molecule has 1 fully saturated rings. The van der Waals surface area contributed by atoms with Crippen LogP contribution in [0.25, 0.3) is 0 Å². The Hall–Kier alpha value is -0.640. The van der Waals surface area contributed by atoms with Gasteiger partial charge in [0.2, 0.25) is 0 Å². The number of aliphatic hydroxyl groups is 2. The summed E-state index contributed by atoms with van der Waals surface area (Å²) < 4.78 is 0. The molecular formula is C18H33NO2. The lowest BCUT2D eigenvalue weighted by molar-refractivity contribution is 0.269. The predicted molar refractivity (Wildman–Crippen MR) is 89.3 cm³/mol. The largest absolute Gasteiger partial charge is 0.396 e. The molecule has 0 aromatic carbocycles. The summed E-state index contributed by atoms with van der Waals surface area (Å²) >= 11 is 0. The molecule has 1 aliphatic rings. The monoisotopic (exact) mass is 295 g/mol. The minimum atomic E-state index is 0.213. The van der Waals surface area contributed by atoms with Gasteiger partial charge >= 0.3 is 0 Å². The SMILES string of the molecule is CCCCC(CC)CN1CC(=CCCO)C(=CCCO)C1. The van der Waals surface area contributed by atoms with E-state index in [2.05, 4.69) is 30.9 Å². The molecule has 0 aliphatic carbocycles. The maximum absolute atomic E-state index is 9.02. The lowest BCUT2D eigenvalue weighted by Crippen LogP contribution is -2.26. The van der Waals surface area contributed by atoms with Gasteiger partial charge in [-0.2, -0.15) is 0 Å². The molecule has 3 nitrogen and oxygen atoms in total. The zero-order chi connectivity index (χ0) is 15.5. The first-order valence-electron chi connectivity index (χ1n) is 8.57. The molecule has 1 atom stereocenters. The Kier molecular flexibility index (Phi) is 9.64. The summed E-state index contributed by atoms with van der Waals surface area (Å²) in [5.74, 6) is 0.793. The van der Waals surface area contributed by atoms with Crippen LogP contribution >= 0.6 is 0 Å². The highest BCUT2D eigenvalue weighted by atomic mass is 16.3. The smallest absolute Gasteiger partial charge is 0.0465 e. The number of nitrogens with zero attached hydrogens (tertiary/aromatic N) is 1. The van der Waals surface area contributed by atoms with Crippen LogP contribution in [0.2, 0.25) is 0 Å². The fourth-order valence-corrected chi connectivity index (χ4v) is 3.02. The van der Waals surface area contributed by atoms with E-state index in [0.717, 1.165) is 31.8 Å². The van der Waals surface area contributed by atoms with Crippen molar-refractivity contribution in [3.8, 4) is 0 Å². The number of likely N-dealkylation sites (tertiary alicyclic amines) is 1. The van der Waals surface area contributed by atoms with Gasteiger partial charge in [0, 0.05) is 32.8 Å². The first kappa shape index (κ1) is 18.4. The van der Waals surface area contributed by atoms with E-state index >= 15 is 0 Å². The molecule has 0 aromatic heterocycles. The quantitative estimate of drug-likeness (QED) is 0.651. The van der Waals surface area contributed by atoms with Crippen molar-refractivity contribution >= 4 is 0 Å². The number of rotatable bonds is 10. The predicted octanol–water partition coefficient (Wildman–Crippen LogP) is 3.14. The van der Waals surface area contributed by atoms with Gasteiger partial charge in [0.15, 0.2) is 0 Å². The average Bonchev–Trinajstić information content (AvgIpc) is 2.88. The summed E-state index contributed by atoms with van der Waals surface area (Å²) in [5, 5.41) is 18.0. The summed E-state index contributed by atoms with van der Waals surface area (Å²) in [5.41, 5.74) is 2.70. The van der Waals surface area contributed by atoms with Crippen molar-refractivity contribution in [2.24, 2.45) is 5.92 Å². The minimum absolute atomic E-state index is 0.213. The van der Waals surface area contributed by atoms with Crippen molar-refractivity contribution in [1.82, 2.24) is 4.90 Å². The van der Waals surface area contributed by atoms with E-state index in [9.17, 15) is 0 Å². The van der Waals surface area contributed by atoms with E-state index in [4.69, 9.17) is 10.2 Å². The van der Waals surface area contributed by atoms with Crippen LogP contribution in [0.15, 0.2) is 23.3 Å². The molecule has 0 spiro atoms. The first-order valence-corrected chi connectivity index (χ1v) is 8.57. The Morgan fingerprint density at radius 1 is 1.05 bits per heavy atom. The van der Waals surface area contributed by atoms with Crippen LogP contribution in [-0.2, 0) is 0 Å². The van der Waals surface area contributed by atoms with Crippen LogP contribution in [0, 0.1) is 5.92 Å². The van der Waals surface area contributed by atoms with Gasteiger partial charge in [-0.25, -0.2) is 0 Å². The maximum atomic E-state index is 9.02. The van der Waals surface area contributed by atoms with Crippen LogP contribution in [0.4, 0.5) is 0 Å². The number of hydrogen-bond acceptors (Lipinski definition) is 3. The van der Waals surface area contributed by atoms with Crippen LogP contribution in [-0.4, -0.2) is 48.0 Å². The second kappa shape index (κ2) is 11.0. The molecule has 122 valence electrons. The molecular weight excluding hydrogens is 262 g/mol. The van der Waals surface area contributed by atoms with Gasteiger partial charge < -0.3 is 10.2 Å². The number of hydrogen-bond donors (Lipinski definition) is 2. The van der Waals surface area contributed by atoms with Gasteiger partial charge in [-0.05, 0) is 36.3 Å². The highest BCUT2D eigenvalue weighted by molar-refractivity contribution is 5.37. The van der Waals surface area contributed by atoms with Gasteiger partial charge in [-0.15, -0.1) is 0 Å². The molecule has 1 saturated heterocycles. The molecule has 21 heavy (non-hydrogen) atoms. The third kappa shape index (κ3) is 6.77. The zero-order valence-corrected chi connectivity index (χ0v) is 13.9. The summed E-state index contributed by atoms with van der Waals surface area (Å²) in [7, 11) is 0. The van der Waals surface area contributed by atoms with E-state index in [-0.39, 0.29) is 13.2 Å². The molecule has 0 radical (unpaired) electrons. The Bertz CT molecular complexity index is 312. The molecule has 0 saturated carbocycles. The summed E-state index contributed by atoms with van der Waals surface area (Å²) in [4.78, 5) is 2.52. The lowest BCUT2D eigenvalue weighted by Gasteiger charge is -2.21. The van der Waals surface area contributed by atoms with Gasteiger partial charge in [0.25, 0.3) is 0 Å². The molecule has 0 bridgehead atoms. The lowest BCUT2D eigenvalue weighted by atomic mass is 9.99. The van der Waals surface area contributed by atoms with Crippen molar-refractivity contribution in [3.05, 3.63) is 23.3 Å². The van der Waals surface area contributed by atoms with Gasteiger partial charge in [0.1, 0.15) is 0 Å². The fourth-order valence-electron chi connectivity index (χ4n) is 3.02. The van der Waals surface area contributed by atoms with Crippen molar-refractivity contribution in [1.29, 1.82) is 0 Å². The molecule has 0 aromatic rings. The number of aliphatic hydroxyl groups excluding tert-OH is 2. The molecule has 1 heterocycles. The van der Waals surface area contributed by atoms with Crippen LogP contribution in [0.3, 0.4) is 0 Å². The zero-order valence-electron chi connectivity index (χ0n) is 13.9. The van der Waals surface area contributed by atoms with Gasteiger partial charge in [-0.3, -0.25) is 4.90 Å². The molecule has 1 rings (SSSR count). The third-order valence-corrected chi connectivity index (χ3v) is 4.30. The van der Waals surface area contributed by atoms with E-state index in [1.54, 1.807) is 0 Å². The normalized spacial score (nSPS) is 21.5. The topological polar surface area (TPSA) is 43.7 Å². The van der Waals surface area contributed by atoms with Crippen LogP contribution in [0.1, 0.15) is 52.4 Å². The minimum Gasteiger partial charge on any atom is -0.396 e. The molecule has 1 unspecified atom stereocenters. The van der Waals surface area contributed by atoms with Crippen molar-refractivity contribution < 1.29 is 10.2 Å². The van der Waals surface area contributed by atoms with Crippen LogP contribution in [0.5, 0.6) is 0 Å². The van der Waals surface area contributed by atoms with E-state index < -0.39 is 0 Å². The molecule has 2 N–H and O–H groups in total. The second-order valence-corrected chi connectivity index (χ2v) is 6.07. The Labute approximate surface area is 130 Å². The van der Waals surface area contributed by atoms with Crippen molar-refractivity contribution in [3.63, 3.8) is 0 Å². The third-order valence-electron chi connectivity index (χ3n) is 4.30. The molecule has 0 amide bonds. The van der Waals surface area contributed by atoms with E-state index in [0.29, 0.717) is 0 Å². The average molecular weight is 295 g/mol. The second-order valence-electron chi connectivity index (χ2n) is 6.07. The highest BCUT2D eigenvalue weighted by Crippen LogP contribution is 2.25. The Morgan fingerprint density at radius 3 is 2.05 bits per heavy atom. The maximum Gasteiger partial charge on any atom is 0.0465 e. The van der Waals surface area contributed by atoms with E-state index in [1.807, 2.05) is 0 Å². The molecule has 1 aliphatic heterocycles. The van der Waals surface area contributed by atoms with Crippen LogP contribution < -0.4 is 0 Å². The first-order chi connectivity index (χ1) is 10.2. The summed E-state index contributed by atoms with van der Waals surface area (Å²) in [6, 6.07) is 0. The van der Waals surface area contributed by atoms with Gasteiger partial charge in [0.05, 0.1) is 0 Å². The fraction of sp³-hybridized carbons (Fsp3) is 0.778. The standard InChI is InChI=1S/C18H33NO2/c1-3-5-8-16(4-2)13-19-14-17(9-6-11-20)18(15-19)10-7-12-21/h9-10,16,20-21H,3-8,11-15H2,1-2H3. The van der Waals surface area contributed by atoms with Gasteiger partial charge in [-0.1, -0.05) is 45.3 Å². The van der Waals surface area contributed by atoms with Crippen molar-refractivity contribution in [2.45, 2.75) is 52.4 Å². The highest BCUT2D eigenvalue weighted by Gasteiger charge is 2.23. The number of unbranched alkanes of at least 4 members (excludes halogenated alkanes) is 1. The summed E-state index contributed by atoms with van der Waals surface area (Å²) in [6.07, 6.45) is 11.0. The molecule has 3 heteroatoms. The Morgan fingerprint density at radius 2 is 1.62 bits per heavy atom. The Balaban J connectivity index is 2.61.